The number of aliphatic imine (C=N–C) groups is 1. The number of hydrogen-bond donors (Lipinski definition) is 0. The lowest BCUT2D eigenvalue weighted by atomic mass is 9.98. The molecule has 0 saturated carbocycles. The molecule has 2 aliphatic rings. The van der Waals surface area contributed by atoms with E-state index < -0.39 is 0 Å². The van der Waals surface area contributed by atoms with Crippen molar-refractivity contribution in [1.82, 2.24) is 5.01 Å². The van der Waals surface area contributed by atoms with Gasteiger partial charge in [0, 0.05) is 10.9 Å². The van der Waals surface area contributed by atoms with Crippen LogP contribution in [0.25, 0.3) is 0 Å². The summed E-state index contributed by atoms with van der Waals surface area (Å²) in [5, 5.41) is 7.36. The summed E-state index contributed by atoms with van der Waals surface area (Å²) < 4.78 is 6.27. The highest BCUT2D eigenvalue weighted by Crippen LogP contribution is 2.37. The van der Waals surface area contributed by atoms with Crippen LogP contribution in [0.1, 0.15) is 23.6 Å². The van der Waals surface area contributed by atoms with Gasteiger partial charge in [-0.15, -0.1) is 0 Å². The molecule has 0 spiro atoms. The van der Waals surface area contributed by atoms with E-state index in [2.05, 4.69) is 27.0 Å². The summed E-state index contributed by atoms with van der Waals surface area (Å²) in [5.74, 6) is 1.09. The quantitative estimate of drug-likeness (QED) is 0.731. The minimum atomic E-state index is -0.107. The van der Waals surface area contributed by atoms with Gasteiger partial charge in [-0.3, -0.25) is 4.79 Å². The molecule has 1 atom stereocenters. The third-order valence-electron chi connectivity index (χ3n) is 4.31. The van der Waals surface area contributed by atoms with Gasteiger partial charge in [0.1, 0.15) is 5.75 Å². The van der Waals surface area contributed by atoms with Crippen LogP contribution in [-0.4, -0.2) is 34.7 Å². The number of amidine groups is 1. The fraction of sp³-hybridized carbons (Fsp3) is 0.211. The maximum atomic E-state index is 11.6. The fourth-order valence-corrected chi connectivity index (χ4v) is 4.21. The monoisotopic (exact) mass is 429 g/mol. The summed E-state index contributed by atoms with van der Waals surface area (Å²) in [7, 11) is 1.65. The highest BCUT2D eigenvalue weighted by Gasteiger charge is 2.34. The van der Waals surface area contributed by atoms with Crippen LogP contribution in [0.3, 0.4) is 0 Å². The number of rotatable bonds is 3. The molecule has 2 heterocycles. The molecular formula is C19H16BrN3O2S. The van der Waals surface area contributed by atoms with Crippen molar-refractivity contribution in [2.75, 3.05) is 12.9 Å². The number of carbonyl (C=O) groups is 1. The summed E-state index contributed by atoms with van der Waals surface area (Å²) in [5.41, 5.74) is 3.16. The van der Waals surface area contributed by atoms with Gasteiger partial charge in [0.05, 0.1) is 24.6 Å². The van der Waals surface area contributed by atoms with Crippen molar-refractivity contribution in [3.05, 3.63) is 64.1 Å². The van der Waals surface area contributed by atoms with Crippen LogP contribution in [-0.2, 0) is 4.79 Å². The Bertz CT molecular complexity index is 911. The largest absolute Gasteiger partial charge is 0.497 e. The number of nitrogens with zero attached hydrogens (tertiary/aromatic N) is 3. The van der Waals surface area contributed by atoms with E-state index in [1.807, 2.05) is 47.5 Å². The Balaban J connectivity index is 1.70. The van der Waals surface area contributed by atoms with Crippen molar-refractivity contribution in [1.29, 1.82) is 0 Å². The highest BCUT2D eigenvalue weighted by atomic mass is 79.9. The molecule has 5 nitrogen and oxygen atoms in total. The van der Waals surface area contributed by atoms with E-state index in [1.54, 1.807) is 7.11 Å². The van der Waals surface area contributed by atoms with E-state index in [0.29, 0.717) is 10.9 Å². The summed E-state index contributed by atoms with van der Waals surface area (Å²) in [6.07, 6.45) is 0.747. The summed E-state index contributed by atoms with van der Waals surface area (Å²) in [6, 6.07) is 16.1. The Labute approximate surface area is 164 Å². The maximum Gasteiger partial charge on any atom is 0.258 e. The van der Waals surface area contributed by atoms with Gasteiger partial charge in [0.2, 0.25) is 0 Å². The average molecular weight is 430 g/mol. The van der Waals surface area contributed by atoms with E-state index in [9.17, 15) is 4.79 Å². The second-order valence-corrected chi connectivity index (χ2v) is 7.83. The third-order valence-corrected chi connectivity index (χ3v) is 5.73. The van der Waals surface area contributed by atoms with Gasteiger partial charge in [-0.25, -0.2) is 5.01 Å². The minimum Gasteiger partial charge on any atom is -0.497 e. The van der Waals surface area contributed by atoms with E-state index in [-0.39, 0.29) is 11.9 Å². The first-order valence-corrected chi connectivity index (χ1v) is 9.93. The lowest BCUT2D eigenvalue weighted by Gasteiger charge is -2.22. The van der Waals surface area contributed by atoms with Crippen molar-refractivity contribution < 1.29 is 9.53 Å². The summed E-state index contributed by atoms with van der Waals surface area (Å²) in [4.78, 5) is 15.8. The van der Waals surface area contributed by atoms with E-state index in [1.165, 1.54) is 11.8 Å². The summed E-state index contributed by atoms with van der Waals surface area (Å²) >= 11 is 4.96. The third kappa shape index (κ3) is 3.41. The number of halogens is 1. The average Bonchev–Trinajstić information content (AvgIpc) is 3.28. The van der Waals surface area contributed by atoms with E-state index in [0.717, 1.165) is 33.5 Å². The number of thioether (sulfide) groups is 1. The normalized spacial score (nSPS) is 19.5. The zero-order valence-corrected chi connectivity index (χ0v) is 16.5. The van der Waals surface area contributed by atoms with Crippen molar-refractivity contribution in [3.63, 3.8) is 0 Å². The Morgan fingerprint density at radius 3 is 2.69 bits per heavy atom. The number of carbonyl (C=O) groups excluding carboxylic acids is 1. The molecular weight excluding hydrogens is 414 g/mol. The molecule has 26 heavy (non-hydrogen) atoms. The van der Waals surface area contributed by atoms with E-state index >= 15 is 0 Å². The van der Waals surface area contributed by atoms with Crippen LogP contribution in [0, 0.1) is 0 Å². The van der Waals surface area contributed by atoms with E-state index in [4.69, 9.17) is 9.84 Å². The van der Waals surface area contributed by atoms with Crippen LogP contribution in [0.5, 0.6) is 5.75 Å². The van der Waals surface area contributed by atoms with Gasteiger partial charge in [0.15, 0.2) is 5.17 Å². The number of methoxy groups -OCH3 is 1. The number of hydrogen-bond acceptors (Lipinski definition) is 5. The van der Waals surface area contributed by atoms with Crippen LogP contribution in [0.2, 0.25) is 0 Å². The van der Waals surface area contributed by atoms with Gasteiger partial charge < -0.3 is 4.74 Å². The van der Waals surface area contributed by atoms with Gasteiger partial charge in [-0.1, -0.05) is 52.0 Å². The number of benzene rings is 2. The Kier molecular flexibility index (Phi) is 4.82. The number of amides is 1. The molecule has 0 radical (unpaired) electrons. The molecule has 7 heteroatoms. The molecule has 0 bridgehead atoms. The van der Waals surface area contributed by atoms with Crippen LogP contribution >= 0.6 is 27.7 Å². The minimum absolute atomic E-state index is 0.00652. The van der Waals surface area contributed by atoms with Gasteiger partial charge >= 0.3 is 0 Å². The molecule has 4 rings (SSSR count). The molecule has 0 N–H and O–H groups in total. The smallest absolute Gasteiger partial charge is 0.258 e. The van der Waals surface area contributed by atoms with Crippen LogP contribution < -0.4 is 4.74 Å². The van der Waals surface area contributed by atoms with Crippen LogP contribution in [0.15, 0.2) is 63.1 Å². The molecule has 2 aromatic carbocycles. The first kappa shape index (κ1) is 17.3. The number of ether oxygens (including phenoxy) is 1. The Morgan fingerprint density at radius 2 is 2.04 bits per heavy atom. The Hall–Kier alpha value is -2.12. The molecule has 1 unspecified atom stereocenters. The SMILES string of the molecule is COc1ccc(C2CC(c3cccc(Br)c3)=NN2C2=NC(=O)CS2)cc1. The first-order chi connectivity index (χ1) is 12.6. The van der Waals surface area contributed by atoms with Crippen molar-refractivity contribution in [2.24, 2.45) is 10.1 Å². The lowest BCUT2D eigenvalue weighted by Crippen LogP contribution is -2.23. The zero-order valence-electron chi connectivity index (χ0n) is 14.1. The maximum absolute atomic E-state index is 11.6. The molecule has 132 valence electrons. The van der Waals surface area contributed by atoms with Crippen molar-refractivity contribution in [2.45, 2.75) is 12.5 Å². The van der Waals surface area contributed by atoms with Crippen LogP contribution in [0.4, 0.5) is 0 Å². The van der Waals surface area contributed by atoms with Crippen molar-refractivity contribution >= 4 is 44.5 Å². The highest BCUT2D eigenvalue weighted by molar-refractivity contribution is 9.10. The van der Waals surface area contributed by atoms with Gasteiger partial charge in [-0.05, 0) is 35.4 Å². The molecule has 0 aliphatic carbocycles. The summed E-state index contributed by atoms with van der Waals surface area (Å²) in [6.45, 7) is 0. The second-order valence-electron chi connectivity index (χ2n) is 5.97. The topological polar surface area (TPSA) is 54.3 Å². The molecule has 0 fully saturated rings. The Morgan fingerprint density at radius 1 is 1.23 bits per heavy atom. The van der Waals surface area contributed by atoms with Gasteiger partial charge in [0.25, 0.3) is 5.91 Å². The lowest BCUT2D eigenvalue weighted by molar-refractivity contribution is -0.115. The first-order valence-electron chi connectivity index (χ1n) is 8.15. The van der Waals surface area contributed by atoms with Crippen molar-refractivity contribution in [3.8, 4) is 5.75 Å². The van der Waals surface area contributed by atoms with Gasteiger partial charge in [-0.2, -0.15) is 10.1 Å². The molecule has 1 amide bonds. The predicted octanol–water partition coefficient (Wildman–Crippen LogP) is 4.24. The molecule has 0 aromatic heterocycles. The molecule has 2 aliphatic heterocycles. The second kappa shape index (κ2) is 7.25. The standard InChI is InChI=1S/C19H16BrN3O2S/c1-25-15-7-5-12(6-8-15)17-10-16(13-3-2-4-14(20)9-13)22-23(17)19-21-18(24)11-26-19/h2-9,17H,10-11H2,1H3. The number of hydrazone groups is 1. The zero-order chi connectivity index (χ0) is 18.1. The molecule has 2 aromatic rings. The molecule has 0 saturated heterocycles. The fourth-order valence-electron chi connectivity index (χ4n) is 3.03. The predicted molar refractivity (Wildman–Crippen MR) is 108 cm³/mol.